The Morgan fingerprint density at radius 2 is 2.35 bits per heavy atom. The van der Waals surface area contributed by atoms with E-state index in [1.807, 2.05) is 12.3 Å². The van der Waals surface area contributed by atoms with Crippen molar-refractivity contribution in [2.24, 2.45) is 5.73 Å². The summed E-state index contributed by atoms with van der Waals surface area (Å²) in [6, 6.07) is -0.0771. The molecule has 1 fully saturated rings. The van der Waals surface area contributed by atoms with E-state index in [-0.39, 0.29) is 12.1 Å². The third-order valence-corrected chi connectivity index (χ3v) is 4.33. The van der Waals surface area contributed by atoms with Crippen molar-refractivity contribution in [2.45, 2.75) is 44.8 Å². The summed E-state index contributed by atoms with van der Waals surface area (Å²) < 4.78 is 11.0. The van der Waals surface area contributed by atoms with E-state index >= 15 is 0 Å². The zero-order valence-corrected chi connectivity index (χ0v) is 12.2. The third-order valence-electron chi connectivity index (χ3n) is 3.28. The van der Waals surface area contributed by atoms with E-state index in [1.54, 1.807) is 0 Å². The molecule has 3 heterocycles. The minimum atomic E-state index is -0.0771. The fourth-order valence-electron chi connectivity index (χ4n) is 2.21. The first kappa shape index (κ1) is 13.7. The summed E-state index contributed by atoms with van der Waals surface area (Å²) in [6.45, 7) is 2.74. The van der Waals surface area contributed by atoms with E-state index in [4.69, 9.17) is 15.0 Å². The fourth-order valence-corrected chi connectivity index (χ4v) is 2.96. The lowest BCUT2D eigenvalue weighted by atomic mass is 10.1. The molecule has 2 aromatic rings. The maximum absolute atomic E-state index is 5.80. The van der Waals surface area contributed by atoms with Gasteiger partial charge in [-0.25, -0.2) is 4.98 Å². The highest BCUT2D eigenvalue weighted by Crippen LogP contribution is 2.24. The number of rotatable bonds is 4. The number of ether oxygens (including phenoxy) is 1. The van der Waals surface area contributed by atoms with E-state index in [2.05, 4.69) is 15.1 Å². The van der Waals surface area contributed by atoms with Crippen LogP contribution in [0.3, 0.4) is 0 Å². The van der Waals surface area contributed by atoms with E-state index < -0.39 is 0 Å². The van der Waals surface area contributed by atoms with E-state index in [0.717, 1.165) is 24.5 Å². The third kappa shape index (κ3) is 3.05. The Morgan fingerprint density at radius 1 is 1.45 bits per heavy atom. The molecule has 2 aromatic heterocycles. The second-order valence-corrected chi connectivity index (χ2v) is 5.96. The highest BCUT2D eigenvalue weighted by Gasteiger charge is 2.19. The number of thiazole rings is 1. The topological polar surface area (TPSA) is 87.1 Å². The molecular weight excluding hydrogens is 276 g/mol. The molecule has 20 heavy (non-hydrogen) atoms. The van der Waals surface area contributed by atoms with Gasteiger partial charge in [-0.05, 0) is 26.2 Å². The van der Waals surface area contributed by atoms with Crippen LogP contribution < -0.4 is 5.73 Å². The van der Waals surface area contributed by atoms with Gasteiger partial charge in [0.25, 0.3) is 5.89 Å². The van der Waals surface area contributed by atoms with Gasteiger partial charge in [-0.2, -0.15) is 4.98 Å². The monoisotopic (exact) mass is 294 g/mol. The molecule has 0 spiro atoms. The summed E-state index contributed by atoms with van der Waals surface area (Å²) in [4.78, 5) is 8.80. The Kier molecular flexibility index (Phi) is 4.09. The first-order chi connectivity index (χ1) is 9.72. The molecule has 2 N–H and O–H groups in total. The van der Waals surface area contributed by atoms with Crippen molar-refractivity contribution in [3.8, 4) is 11.6 Å². The van der Waals surface area contributed by atoms with Gasteiger partial charge in [0.05, 0.1) is 12.1 Å². The molecule has 1 aliphatic rings. The number of hydrogen-bond donors (Lipinski definition) is 1. The predicted molar refractivity (Wildman–Crippen MR) is 75.3 cm³/mol. The van der Waals surface area contributed by atoms with Crippen molar-refractivity contribution < 1.29 is 9.26 Å². The molecular formula is C13H18N4O2S. The Hall–Kier alpha value is -1.31. The Balaban J connectivity index is 1.69. The van der Waals surface area contributed by atoms with Crippen LogP contribution in [0.4, 0.5) is 0 Å². The molecule has 0 bridgehead atoms. The van der Waals surface area contributed by atoms with Gasteiger partial charge in [0.2, 0.25) is 0 Å². The van der Waals surface area contributed by atoms with Crippen molar-refractivity contribution in [3.05, 3.63) is 16.2 Å². The Labute approximate surface area is 121 Å². The highest BCUT2D eigenvalue weighted by atomic mass is 32.1. The lowest BCUT2D eigenvalue weighted by molar-refractivity contribution is 0.0153. The van der Waals surface area contributed by atoms with Crippen LogP contribution in [0.15, 0.2) is 9.90 Å². The normalized spacial score (nSPS) is 21.0. The quantitative estimate of drug-likeness (QED) is 0.931. The first-order valence-electron chi connectivity index (χ1n) is 6.88. The largest absolute Gasteiger partial charge is 0.378 e. The second kappa shape index (κ2) is 5.99. The molecule has 0 saturated carbocycles. The molecule has 0 aromatic carbocycles. The summed E-state index contributed by atoms with van der Waals surface area (Å²) >= 11 is 1.51. The molecule has 1 saturated heterocycles. The Morgan fingerprint density at radius 3 is 3.05 bits per heavy atom. The van der Waals surface area contributed by atoms with Crippen molar-refractivity contribution in [2.75, 3.05) is 6.61 Å². The van der Waals surface area contributed by atoms with Crippen molar-refractivity contribution in [3.63, 3.8) is 0 Å². The Bertz CT molecular complexity index is 560. The minimum Gasteiger partial charge on any atom is -0.378 e. The van der Waals surface area contributed by atoms with Crippen LogP contribution in [0.25, 0.3) is 11.6 Å². The van der Waals surface area contributed by atoms with Crippen LogP contribution in [-0.4, -0.2) is 27.8 Å². The molecule has 0 amide bonds. The molecule has 108 valence electrons. The van der Waals surface area contributed by atoms with Gasteiger partial charge in [0.15, 0.2) is 5.82 Å². The van der Waals surface area contributed by atoms with Gasteiger partial charge in [0, 0.05) is 18.4 Å². The summed E-state index contributed by atoms with van der Waals surface area (Å²) in [5, 5.41) is 6.77. The average molecular weight is 294 g/mol. The molecule has 1 aliphatic heterocycles. The lowest BCUT2D eigenvalue weighted by Crippen LogP contribution is -2.21. The fraction of sp³-hybridized carbons (Fsp3) is 0.615. The smallest absolute Gasteiger partial charge is 0.277 e. The number of nitrogens with two attached hydrogens (primary N) is 1. The highest BCUT2D eigenvalue weighted by molar-refractivity contribution is 7.10. The summed E-state index contributed by atoms with van der Waals surface area (Å²) in [5.74, 6) is 1.14. The molecule has 2 atom stereocenters. The number of aromatic nitrogens is 3. The lowest BCUT2D eigenvalue weighted by Gasteiger charge is -2.20. The van der Waals surface area contributed by atoms with E-state index in [0.29, 0.717) is 23.8 Å². The van der Waals surface area contributed by atoms with Gasteiger partial charge in [-0.15, -0.1) is 11.3 Å². The molecule has 2 unspecified atom stereocenters. The maximum Gasteiger partial charge on any atom is 0.277 e. The zero-order chi connectivity index (χ0) is 13.9. The number of nitrogens with zero attached hydrogens (tertiary/aromatic N) is 3. The standard InChI is InChI=1S/C13H18N4O2S/c1-8(14)13-15-10(7-20-13)12-16-11(17-19-12)6-9-4-2-3-5-18-9/h7-9H,2-6,14H2,1H3. The predicted octanol–water partition coefficient (Wildman–Crippen LogP) is 2.32. The van der Waals surface area contributed by atoms with Gasteiger partial charge in [-0.1, -0.05) is 5.16 Å². The summed E-state index contributed by atoms with van der Waals surface area (Å²) in [7, 11) is 0. The van der Waals surface area contributed by atoms with Crippen molar-refractivity contribution in [1.29, 1.82) is 0 Å². The average Bonchev–Trinajstić information content (AvgIpc) is 3.08. The van der Waals surface area contributed by atoms with Gasteiger partial charge in [-0.3, -0.25) is 0 Å². The summed E-state index contributed by atoms with van der Waals surface area (Å²) in [5.41, 5.74) is 6.50. The zero-order valence-electron chi connectivity index (χ0n) is 11.4. The van der Waals surface area contributed by atoms with Gasteiger partial charge in [0.1, 0.15) is 10.7 Å². The SMILES string of the molecule is CC(N)c1nc(-c2nc(CC3CCCCO3)no2)cs1. The summed E-state index contributed by atoms with van der Waals surface area (Å²) in [6.07, 6.45) is 4.33. The van der Waals surface area contributed by atoms with Crippen LogP contribution in [0.5, 0.6) is 0 Å². The molecule has 3 rings (SSSR count). The van der Waals surface area contributed by atoms with E-state index in [9.17, 15) is 0 Å². The van der Waals surface area contributed by atoms with Gasteiger partial charge >= 0.3 is 0 Å². The van der Waals surface area contributed by atoms with Crippen LogP contribution in [-0.2, 0) is 11.2 Å². The van der Waals surface area contributed by atoms with Gasteiger partial charge < -0.3 is 15.0 Å². The minimum absolute atomic E-state index is 0.0771. The molecule has 7 heteroatoms. The molecule has 6 nitrogen and oxygen atoms in total. The van der Waals surface area contributed by atoms with Crippen molar-refractivity contribution >= 4 is 11.3 Å². The van der Waals surface area contributed by atoms with Crippen LogP contribution in [0.1, 0.15) is 43.1 Å². The second-order valence-electron chi connectivity index (χ2n) is 5.07. The number of hydrogen-bond acceptors (Lipinski definition) is 7. The van der Waals surface area contributed by atoms with Crippen molar-refractivity contribution in [1.82, 2.24) is 15.1 Å². The molecule has 0 radical (unpaired) electrons. The van der Waals surface area contributed by atoms with E-state index in [1.165, 1.54) is 17.8 Å². The first-order valence-corrected chi connectivity index (χ1v) is 7.76. The maximum atomic E-state index is 5.80. The van der Waals surface area contributed by atoms with Crippen LogP contribution >= 0.6 is 11.3 Å². The van der Waals surface area contributed by atoms with Crippen LogP contribution in [0, 0.1) is 0 Å². The molecule has 0 aliphatic carbocycles. The van der Waals surface area contributed by atoms with Crippen LogP contribution in [0.2, 0.25) is 0 Å².